The molecule has 1 aliphatic heterocycles. The van der Waals surface area contributed by atoms with Gasteiger partial charge in [-0.05, 0) is 56.3 Å². The van der Waals surface area contributed by atoms with Gasteiger partial charge < -0.3 is 10.6 Å². The quantitative estimate of drug-likeness (QED) is 0.907. The van der Waals surface area contributed by atoms with E-state index in [0.717, 1.165) is 49.8 Å². The van der Waals surface area contributed by atoms with E-state index in [1.54, 1.807) is 0 Å². The molecule has 2 aromatic rings. The van der Waals surface area contributed by atoms with Crippen LogP contribution in [0.15, 0.2) is 18.2 Å². The van der Waals surface area contributed by atoms with E-state index >= 15 is 0 Å². The number of nitrogens with two attached hydrogens (primary N) is 1. The van der Waals surface area contributed by atoms with Crippen LogP contribution in [0.2, 0.25) is 0 Å². The van der Waals surface area contributed by atoms with Crippen molar-refractivity contribution in [1.82, 2.24) is 15.2 Å². The summed E-state index contributed by atoms with van der Waals surface area (Å²) in [5, 5.41) is 7.44. The van der Waals surface area contributed by atoms with Crippen LogP contribution in [0.4, 0.5) is 5.95 Å². The van der Waals surface area contributed by atoms with Gasteiger partial charge in [0, 0.05) is 18.7 Å². The van der Waals surface area contributed by atoms with Gasteiger partial charge in [0.05, 0.1) is 0 Å². The van der Waals surface area contributed by atoms with Crippen molar-refractivity contribution in [3.05, 3.63) is 29.3 Å². The highest BCUT2D eigenvalue weighted by atomic mass is 15.4. The molecule has 0 spiro atoms. The van der Waals surface area contributed by atoms with Crippen LogP contribution in [0.5, 0.6) is 0 Å². The van der Waals surface area contributed by atoms with Gasteiger partial charge in [0.2, 0.25) is 5.95 Å². The van der Waals surface area contributed by atoms with E-state index < -0.39 is 0 Å². The van der Waals surface area contributed by atoms with E-state index in [4.69, 9.17) is 5.73 Å². The molecule has 0 aliphatic carbocycles. The summed E-state index contributed by atoms with van der Waals surface area (Å²) < 4.78 is 0. The number of benzene rings is 1. The van der Waals surface area contributed by atoms with Gasteiger partial charge in [0.15, 0.2) is 5.82 Å². The summed E-state index contributed by atoms with van der Waals surface area (Å²) in [6.07, 6.45) is 2.26. The Hall–Kier alpha value is -1.88. The molecule has 0 unspecified atom stereocenters. The van der Waals surface area contributed by atoms with Crippen LogP contribution in [0.25, 0.3) is 11.4 Å². The highest BCUT2D eigenvalue weighted by Gasteiger charge is 2.21. The first kappa shape index (κ1) is 14.1. The van der Waals surface area contributed by atoms with Crippen LogP contribution in [-0.4, -0.2) is 34.8 Å². The van der Waals surface area contributed by atoms with Crippen molar-refractivity contribution in [2.24, 2.45) is 11.7 Å². The van der Waals surface area contributed by atoms with Crippen molar-refractivity contribution in [2.75, 3.05) is 24.5 Å². The molecule has 5 heteroatoms. The summed E-state index contributed by atoms with van der Waals surface area (Å²) in [5.41, 5.74) is 9.40. The van der Waals surface area contributed by atoms with E-state index in [0.29, 0.717) is 5.92 Å². The molecule has 0 atom stereocenters. The molecule has 3 rings (SSSR count). The number of aromatic amines is 1. The summed E-state index contributed by atoms with van der Waals surface area (Å²) in [7, 11) is 0. The van der Waals surface area contributed by atoms with Crippen molar-refractivity contribution >= 4 is 5.95 Å². The molecule has 0 bridgehead atoms. The predicted molar refractivity (Wildman–Crippen MR) is 85.3 cm³/mol. The zero-order valence-electron chi connectivity index (χ0n) is 12.8. The number of piperidine rings is 1. The number of aromatic nitrogens is 3. The summed E-state index contributed by atoms with van der Waals surface area (Å²) in [6, 6.07) is 6.37. The Bertz CT molecular complexity index is 611. The molecule has 5 nitrogen and oxygen atoms in total. The maximum Gasteiger partial charge on any atom is 0.245 e. The Labute approximate surface area is 125 Å². The normalized spacial score (nSPS) is 16.4. The van der Waals surface area contributed by atoms with Crippen LogP contribution in [0, 0.1) is 19.8 Å². The van der Waals surface area contributed by atoms with Crippen LogP contribution >= 0.6 is 0 Å². The molecule has 112 valence electrons. The Morgan fingerprint density at radius 2 is 2.00 bits per heavy atom. The molecule has 0 saturated carbocycles. The Balaban J connectivity index is 1.76. The smallest absolute Gasteiger partial charge is 0.245 e. The maximum absolute atomic E-state index is 5.74. The van der Waals surface area contributed by atoms with Gasteiger partial charge in [-0.15, -0.1) is 5.10 Å². The number of nitrogens with zero attached hydrogens (tertiary/aromatic N) is 3. The van der Waals surface area contributed by atoms with E-state index in [9.17, 15) is 0 Å². The first-order valence-electron chi connectivity index (χ1n) is 7.62. The standard InChI is InChI=1S/C16H23N5/c1-11-3-4-14(9-12(11)2)15-18-16(20-19-15)21-7-5-13(10-17)6-8-21/h3-4,9,13H,5-8,10,17H2,1-2H3,(H,18,19,20). The molecule has 1 aromatic carbocycles. The lowest BCUT2D eigenvalue weighted by Crippen LogP contribution is -2.36. The molecule has 0 amide bonds. The Morgan fingerprint density at radius 1 is 1.24 bits per heavy atom. The minimum absolute atomic E-state index is 0.652. The van der Waals surface area contributed by atoms with E-state index in [1.807, 2.05) is 0 Å². The number of anilines is 1. The van der Waals surface area contributed by atoms with Gasteiger partial charge in [-0.1, -0.05) is 12.1 Å². The lowest BCUT2D eigenvalue weighted by atomic mass is 9.97. The predicted octanol–water partition coefficient (Wildman–Crippen LogP) is 2.26. The molecule has 1 saturated heterocycles. The van der Waals surface area contributed by atoms with E-state index in [1.165, 1.54) is 11.1 Å². The molecular weight excluding hydrogens is 262 g/mol. The molecule has 1 aromatic heterocycles. The third-order valence-corrected chi connectivity index (χ3v) is 4.48. The van der Waals surface area contributed by atoms with E-state index in [2.05, 4.69) is 52.1 Å². The fourth-order valence-electron chi connectivity index (χ4n) is 2.78. The highest BCUT2D eigenvalue weighted by Crippen LogP contribution is 2.23. The van der Waals surface area contributed by atoms with Crippen LogP contribution < -0.4 is 10.6 Å². The third kappa shape index (κ3) is 2.93. The SMILES string of the molecule is Cc1ccc(-c2nc(N3CCC(CN)CC3)n[nH]2)cc1C. The lowest BCUT2D eigenvalue weighted by Gasteiger charge is -2.30. The first-order chi connectivity index (χ1) is 10.2. The molecule has 0 radical (unpaired) electrons. The molecule has 1 fully saturated rings. The summed E-state index contributed by atoms with van der Waals surface area (Å²) in [5.74, 6) is 2.30. The Morgan fingerprint density at radius 3 is 2.67 bits per heavy atom. The minimum atomic E-state index is 0.652. The molecule has 1 aliphatic rings. The fraction of sp³-hybridized carbons (Fsp3) is 0.500. The largest absolute Gasteiger partial charge is 0.340 e. The summed E-state index contributed by atoms with van der Waals surface area (Å²) >= 11 is 0. The van der Waals surface area contributed by atoms with Gasteiger partial charge >= 0.3 is 0 Å². The monoisotopic (exact) mass is 285 g/mol. The van der Waals surface area contributed by atoms with Crippen LogP contribution in [0.3, 0.4) is 0 Å². The minimum Gasteiger partial charge on any atom is -0.340 e. The van der Waals surface area contributed by atoms with E-state index in [-0.39, 0.29) is 0 Å². The van der Waals surface area contributed by atoms with Gasteiger partial charge in [0.1, 0.15) is 0 Å². The van der Waals surface area contributed by atoms with Gasteiger partial charge in [-0.25, -0.2) is 0 Å². The number of rotatable bonds is 3. The average Bonchev–Trinajstić information content (AvgIpc) is 3.00. The summed E-state index contributed by atoms with van der Waals surface area (Å²) in [4.78, 5) is 6.90. The summed E-state index contributed by atoms with van der Waals surface area (Å²) in [6.45, 7) is 7.01. The van der Waals surface area contributed by atoms with Gasteiger partial charge in [0.25, 0.3) is 0 Å². The number of hydrogen-bond acceptors (Lipinski definition) is 4. The third-order valence-electron chi connectivity index (χ3n) is 4.48. The van der Waals surface area contributed by atoms with Gasteiger partial charge in [-0.3, -0.25) is 5.10 Å². The van der Waals surface area contributed by atoms with Crippen molar-refractivity contribution in [1.29, 1.82) is 0 Å². The second-order valence-corrected chi connectivity index (χ2v) is 5.95. The van der Waals surface area contributed by atoms with Crippen LogP contribution in [-0.2, 0) is 0 Å². The second kappa shape index (κ2) is 5.85. The van der Waals surface area contributed by atoms with Crippen molar-refractivity contribution in [3.63, 3.8) is 0 Å². The zero-order valence-corrected chi connectivity index (χ0v) is 12.8. The maximum atomic E-state index is 5.74. The number of H-pyrrole nitrogens is 1. The number of nitrogens with one attached hydrogen (secondary N) is 1. The molecule has 3 N–H and O–H groups in total. The van der Waals surface area contributed by atoms with Crippen molar-refractivity contribution in [2.45, 2.75) is 26.7 Å². The molecular formula is C16H23N5. The fourth-order valence-corrected chi connectivity index (χ4v) is 2.78. The first-order valence-corrected chi connectivity index (χ1v) is 7.62. The van der Waals surface area contributed by atoms with Gasteiger partial charge in [-0.2, -0.15) is 4.98 Å². The second-order valence-electron chi connectivity index (χ2n) is 5.95. The Kier molecular flexibility index (Phi) is 3.92. The number of hydrogen-bond donors (Lipinski definition) is 2. The highest BCUT2D eigenvalue weighted by molar-refractivity contribution is 5.58. The number of aryl methyl sites for hydroxylation is 2. The lowest BCUT2D eigenvalue weighted by molar-refractivity contribution is 0.411. The molecule has 21 heavy (non-hydrogen) atoms. The van der Waals surface area contributed by atoms with Crippen molar-refractivity contribution < 1.29 is 0 Å². The zero-order chi connectivity index (χ0) is 14.8. The average molecular weight is 285 g/mol. The van der Waals surface area contributed by atoms with Crippen LogP contribution in [0.1, 0.15) is 24.0 Å². The topological polar surface area (TPSA) is 70.8 Å². The van der Waals surface area contributed by atoms with Crippen molar-refractivity contribution in [3.8, 4) is 11.4 Å². The molecule has 2 heterocycles.